The quantitative estimate of drug-likeness (QED) is 0.642. The number of rotatable bonds is 6. The van der Waals surface area contributed by atoms with Crippen molar-refractivity contribution < 1.29 is 19.5 Å². The van der Waals surface area contributed by atoms with Gasteiger partial charge < -0.3 is 15.7 Å². The second-order valence-corrected chi connectivity index (χ2v) is 9.45. The summed E-state index contributed by atoms with van der Waals surface area (Å²) in [5, 5.41) is 15.2. The highest BCUT2D eigenvalue weighted by Crippen LogP contribution is 2.38. The fourth-order valence-electron chi connectivity index (χ4n) is 4.41. The summed E-state index contributed by atoms with van der Waals surface area (Å²) in [5.74, 6) is -1.71. The lowest BCUT2D eigenvalue weighted by molar-refractivity contribution is -0.144. The summed E-state index contributed by atoms with van der Waals surface area (Å²) in [6.45, 7) is 0. The second kappa shape index (κ2) is 9.14. The van der Waals surface area contributed by atoms with E-state index in [9.17, 15) is 19.5 Å². The van der Waals surface area contributed by atoms with Gasteiger partial charge in [-0.05, 0) is 36.5 Å². The van der Waals surface area contributed by atoms with E-state index in [4.69, 9.17) is 0 Å². The first kappa shape index (κ1) is 21.4. The lowest BCUT2D eigenvalue weighted by atomic mass is 9.80. The highest BCUT2D eigenvalue weighted by Gasteiger charge is 2.44. The zero-order valence-corrected chi connectivity index (χ0v) is 18.0. The molecule has 0 spiro atoms. The minimum Gasteiger partial charge on any atom is -0.479 e. The second-order valence-electron chi connectivity index (χ2n) is 8.21. The molecule has 1 aliphatic heterocycles. The van der Waals surface area contributed by atoms with E-state index < -0.39 is 23.5 Å². The number of benzene rings is 2. The van der Waals surface area contributed by atoms with E-state index in [2.05, 4.69) is 10.6 Å². The molecular formula is C24H26N2O4S. The Morgan fingerprint density at radius 2 is 1.65 bits per heavy atom. The number of fused-ring (bicyclic) bond motifs is 1. The summed E-state index contributed by atoms with van der Waals surface area (Å²) in [6, 6.07) is 15.4. The lowest BCUT2D eigenvalue weighted by Gasteiger charge is -2.38. The van der Waals surface area contributed by atoms with Crippen LogP contribution in [0.1, 0.15) is 49.3 Å². The predicted octanol–water partition coefficient (Wildman–Crippen LogP) is 3.46. The number of carbonyl (C=O) groups excluding carboxylic acids is 2. The summed E-state index contributed by atoms with van der Waals surface area (Å²) in [6.07, 6.45) is 4.28. The number of thioether (sulfide) groups is 1. The third kappa shape index (κ3) is 4.61. The maximum absolute atomic E-state index is 13.4. The molecule has 0 bridgehead atoms. The van der Waals surface area contributed by atoms with Crippen molar-refractivity contribution in [3.8, 4) is 0 Å². The molecule has 0 radical (unpaired) electrons. The summed E-state index contributed by atoms with van der Waals surface area (Å²) in [4.78, 5) is 39.5. The van der Waals surface area contributed by atoms with Crippen LogP contribution in [0.25, 0.3) is 0 Å². The van der Waals surface area contributed by atoms with Crippen LogP contribution in [0.5, 0.6) is 0 Å². The van der Waals surface area contributed by atoms with Crippen LogP contribution in [-0.4, -0.2) is 33.7 Å². The van der Waals surface area contributed by atoms with Crippen LogP contribution in [0.15, 0.2) is 59.5 Å². The van der Waals surface area contributed by atoms with Crippen LogP contribution < -0.4 is 10.6 Å². The van der Waals surface area contributed by atoms with Gasteiger partial charge in [0.1, 0.15) is 5.54 Å². The Bertz CT molecular complexity index is 948. The first-order valence-corrected chi connectivity index (χ1v) is 11.5. The highest BCUT2D eigenvalue weighted by molar-refractivity contribution is 8.01. The van der Waals surface area contributed by atoms with E-state index >= 15 is 0 Å². The van der Waals surface area contributed by atoms with Crippen LogP contribution >= 0.6 is 11.8 Å². The van der Waals surface area contributed by atoms with Gasteiger partial charge in [0, 0.05) is 4.90 Å². The number of hydrogen-bond acceptors (Lipinski definition) is 4. The Kier molecular flexibility index (Phi) is 6.32. The summed E-state index contributed by atoms with van der Waals surface area (Å²) >= 11 is 1.52. The van der Waals surface area contributed by atoms with E-state index in [0.717, 1.165) is 29.7 Å². The predicted molar refractivity (Wildman–Crippen MR) is 119 cm³/mol. The zero-order valence-electron chi connectivity index (χ0n) is 17.2. The van der Waals surface area contributed by atoms with Gasteiger partial charge in [-0.2, -0.15) is 0 Å². The fraction of sp³-hybridized carbons (Fsp3) is 0.375. The van der Waals surface area contributed by atoms with Gasteiger partial charge in [0.15, 0.2) is 6.04 Å². The maximum atomic E-state index is 13.4. The molecule has 162 valence electrons. The Balaban J connectivity index is 1.51. The number of amides is 2. The molecule has 1 unspecified atom stereocenters. The van der Waals surface area contributed by atoms with Gasteiger partial charge >= 0.3 is 5.97 Å². The summed E-state index contributed by atoms with van der Waals surface area (Å²) in [7, 11) is 0. The van der Waals surface area contributed by atoms with Crippen LogP contribution in [0, 0.1) is 0 Å². The molecule has 31 heavy (non-hydrogen) atoms. The minimum absolute atomic E-state index is 0.162. The largest absolute Gasteiger partial charge is 0.479 e. The van der Waals surface area contributed by atoms with Crippen LogP contribution in [-0.2, 0) is 20.8 Å². The van der Waals surface area contributed by atoms with E-state index in [-0.39, 0.29) is 11.2 Å². The molecule has 6 nitrogen and oxygen atoms in total. The Hall–Kier alpha value is -2.80. The molecule has 2 aromatic rings. The van der Waals surface area contributed by atoms with E-state index in [1.54, 1.807) is 30.3 Å². The number of carbonyl (C=O) groups is 3. The summed E-state index contributed by atoms with van der Waals surface area (Å²) in [5.41, 5.74) is 0.569. The van der Waals surface area contributed by atoms with E-state index in [0.29, 0.717) is 24.8 Å². The van der Waals surface area contributed by atoms with Gasteiger partial charge in [0.2, 0.25) is 11.8 Å². The van der Waals surface area contributed by atoms with E-state index in [1.165, 1.54) is 11.8 Å². The van der Waals surface area contributed by atoms with Gasteiger partial charge in [-0.1, -0.05) is 67.8 Å². The maximum Gasteiger partial charge on any atom is 0.330 e. The Morgan fingerprint density at radius 1 is 0.968 bits per heavy atom. The molecule has 2 atom stereocenters. The van der Waals surface area contributed by atoms with Crippen molar-refractivity contribution in [1.82, 2.24) is 10.6 Å². The molecule has 4 rings (SSSR count). The molecule has 1 aliphatic carbocycles. The molecule has 2 aliphatic rings. The number of carboxylic acids is 1. The van der Waals surface area contributed by atoms with Crippen molar-refractivity contribution in [3.05, 3.63) is 65.7 Å². The molecule has 1 saturated carbocycles. The topological polar surface area (TPSA) is 95.5 Å². The molecule has 0 saturated heterocycles. The van der Waals surface area contributed by atoms with Gasteiger partial charge in [0.25, 0.3) is 0 Å². The van der Waals surface area contributed by atoms with Crippen molar-refractivity contribution in [2.45, 2.75) is 60.3 Å². The third-order valence-electron chi connectivity index (χ3n) is 6.10. The molecular weight excluding hydrogens is 412 g/mol. The van der Waals surface area contributed by atoms with Crippen molar-refractivity contribution in [1.29, 1.82) is 0 Å². The molecule has 2 aromatic carbocycles. The van der Waals surface area contributed by atoms with Crippen molar-refractivity contribution in [2.24, 2.45) is 0 Å². The average Bonchev–Trinajstić information content (AvgIpc) is 3.23. The highest BCUT2D eigenvalue weighted by atomic mass is 32.2. The lowest BCUT2D eigenvalue weighted by Crippen LogP contribution is -2.61. The average molecular weight is 439 g/mol. The third-order valence-corrected chi connectivity index (χ3v) is 7.42. The number of hydrogen-bond donors (Lipinski definition) is 3. The minimum atomic E-state index is -1.16. The monoisotopic (exact) mass is 438 g/mol. The van der Waals surface area contributed by atoms with Crippen LogP contribution in [0.2, 0.25) is 0 Å². The van der Waals surface area contributed by atoms with Crippen LogP contribution in [0.4, 0.5) is 0 Å². The van der Waals surface area contributed by atoms with Crippen molar-refractivity contribution >= 4 is 29.5 Å². The molecule has 2 amide bonds. The van der Waals surface area contributed by atoms with Crippen LogP contribution in [0.3, 0.4) is 0 Å². The smallest absolute Gasteiger partial charge is 0.330 e. The number of aliphatic carboxylic acids is 1. The molecule has 7 heteroatoms. The number of nitrogens with one attached hydrogen (secondary N) is 2. The van der Waals surface area contributed by atoms with Gasteiger partial charge in [-0.15, -0.1) is 11.8 Å². The molecule has 1 heterocycles. The molecule has 3 N–H and O–H groups in total. The van der Waals surface area contributed by atoms with Gasteiger partial charge in [0.05, 0.1) is 5.25 Å². The van der Waals surface area contributed by atoms with Crippen molar-refractivity contribution in [2.75, 3.05) is 0 Å². The standard InChI is InChI=1S/C24H26N2O4S/c27-21(19-15-17-11-5-6-12-18(17)31-19)26-24(13-7-2-8-14-24)23(30)25-20(22(28)29)16-9-3-1-4-10-16/h1,3-6,9-12,19-20H,2,7-8,13-15H2,(H,25,30)(H,26,27)(H,28,29)/t19?,20-/m0/s1. The van der Waals surface area contributed by atoms with Gasteiger partial charge in [-0.3, -0.25) is 9.59 Å². The normalized spacial score (nSPS) is 20.3. The first-order valence-electron chi connectivity index (χ1n) is 10.6. The Morgan fingerprint density at radius 3 is 2.32 bits per heavy atom. The molecule has 1 fully saturated rings. The SMILES string of the molecule is O=C(NC1(C(=O)N[C@H](C(=O)O)c2ccccc2)CCCCC1)C1Cc2ccccc2S1. The Labute approximate surface area is 185 Å². The van der Waals surface area contributed by atoms with E-state index in [1.807, 2.05) is 24.3 Å². The summed E-state index contributed by atoms with van der Waals surface area (Å²) < 4.78 is 0. The number of carboxylic acid groups (broad SMARTS) is 1. The molecule has 0 aromatic heterocycles. The fourth-order valence-corrected chi connectivity index (χ4v) is 5.61. The van der Waals surface area contributed by atoms with Crippen molar-refractivity contribution in [3.63, 3.8) is 0 Å². The zero-order chi connectivity index (χ0) is 21.8. The first-order chi connectivity index (χ1) is 15.0. The van der Waals surface area contributed by atoms with Gasteiger partial charge in [-0.25, -0.2) is 4.79 Å².